The molecule has 0 unspecified atom stereocenters. The fourth-order valence-corrected chi connectivity index (χ4v) is 6.45. The van der Waals surface area contributed by atoms with E-state index in [1.807, 2.05) is 24.3 Å². The summed E-state index contributed by atoms with van der Waals surface area (Å²) in [5.41, 5.74) is 0.803. The third kappa shape index (κ3) is 1.47. The highest BCUT2D eigenvalue weighted by molar-refractivity contribution is 9.10. The first kappa shape index (κ1) is 14.6. The van der Waals surface area contributed by atoms with Crippen molar-refractivity contribution >= 4 is 43.5 Å². The number of alkyl halides is 1. The SMILES string of the molecule is CC1(C)[C@@]2(C)CC[C@@]1(C(=O)Nc1ccccc1Br)[C@@H]2Br. The van der Waals surface area contributed by atoms with Crippen molar-refractivity contribution in [3.63, 3.8) is 0 Å². The predicted molar refractivity (Wildman–Crippen MR) is 89.0 cm³/mol. The van der Waals surface area contributed by atoms with Crippen LogP contribution in [0.15, 0.2) is 28.7 Å². The number of fused-ring (bicyclic) bond motifs is 1. The van der Waals surface area contributed by atoms with Crippen LogP contribution in [0, 0.1) is 16.2 Å². The van der Waals surface area contributed by atoms with Crippen LogP contribution in [-0.4, -0.2) is 10.7 Å². The van der Waals surface area contributed by atoms with Crippen LogP contribution in [0.4, 0.5) is 5.69 Å². The first-order valence-corrected chi connectivity index (χ1v) is 8.68. The van der Waals surface area contributed by atoms with Gasteiger partial charge in [0, 0.05) is 9.30 Å². The zero-order chi connectivity index (χ0) is 14.8. The molecule has 3 fully saturated rings. The molecular formula is C16H19Br2NO. The third-order valence-corrected chi connectivity index (χ3v) is 8.58. The van der Waals surface area contributed by atoms with Gasteiger partial charge in [0.2, 0.25) is 5.91 Å². The van der Waals surface area contributed by atoms with Crippen molar-refractivity contribution in [2.45, 2.75) is 38.4 Å². The zero-order valence-corrected chi connectivity index (χ0v) is 15.1. The molecule has 1 amide bonds. The Balaban J connectivity index is 1.91. The number of hydrogen-bond donors (Lipinski definition) is 1. The Kier molecular flexibility index (Phi) is 3.15. The molecule has 3 saturated carbocycles. The van der Waals surface area contributed by atoms with Gasteiger partial charge in [-0.25, -0.2) is 0 Å². The molecule has 2 bridgehead atoms. The van der Waals surface area contributed by atoms with Crippen LogP contribution in [-0.2, 0) is 4.79 Å². The van der Waals surface area contributed by atoms with E-state index in [0.717, 1.165) is 23.0 Å². The van der Waals surface area contributed by atoms with Crippen LogP contribution in [0.2, 0.25) is 0 Å². The van der Waals surface area contributed by atoms with Crippen molar-refractivity contribution in [1.82, 2.24) is 0 Å². The fourth-order valence-electron chi connectivity index (χ4n) is 4.25. The molecule has 4 heteroatoms. The summed E-state index contributed by atoms with van der Waals surface area (Å²) in [5, 5.41) is 3.12. The molecule has 1 aromatic rings. The summed E-state index contributed by atoms with van der Waals surface area (Å²) in [7, 11) is 0. The van der Waals surface area contributed by atoms with E-state index < -0.39 is 0 Å². The molecule has 3 atom stereocenters. The van der Waals surface area contributed by atoms with E-state index >= 15 is 0 Å². The molecule has 0 heterocycles. The molecule has 108 valence electrons. The van der Waals surface area contributed by atoms with Crippen LogP contribution in [0.5, 0.6) is 0 Å². The molecule has 0 aromatic heterocycles. The Hall–Kier alpha value is -0.350. The molecule has 0 spiro atoms. The smallest absolute Gasteiger partial charge is 0.232 e. The Morgan fingerprint density at radius 1 is 1.25 bits per heavy atom. The Morgan fingerprint density at radius 2 is 1.90 bits per heavy atom. The minimum Gasteiger partial charge on any atom is -0.325 e. The van der Waals surface area contributed by atoms with E-state index in [-0.39, 0.29) is 27.0 Å². The number of halogens is 2. The molecule has 3 aliphatic carbocycles. The minimum absolute atomic E-state index is 0.0273. The van der Waals surface area contributed by atoms with Crippen LogP contribution in [0.3, 0.4) is 0 Å². The van der Waals surface area contributed by atoms with Crippen molar-refractivity contribution < 1.29 is 4.79 Å². The summed E-state index contributed by atoms with van der Waals surface area (Å²) < 4.78 is 0.925. The Morgan fingerprint density at radius 3 is 2.40 bits per heavy atom. The highest BCUT2D eigenvalue weighted by Crippen LogP contribution is 2.79. The lowest BCUT2D eigenvalue weighted by Crippen LogP contribution is -2.68. The average Bonchev–Trinajstić information content (AvgIpc) is 2.80. The van der Waals surface area contributed by atoms with Crippen molar-refractivity contribution in [3.8, 4) is 0 Å². The lowest BCUT2D eigenvalue weighted by molar-refractivity contribution is -0.156. The Labute approximate surface area is 137 Å². The second-order valence-electron chi connectivity index (χ2n) is 6.81. The number of carbonyl (C=O) groups excluding carboxylic acids is 1. The summed E-state index contributed by atoms with van der Waals surface area (Å²) in [6, 6.07) is 7.77. The number of carbonyl (C=O) groups is 1. The molecule has 0 saturated heterocycles. The standard InChI is InChI=1S/C16H19Br2NO/c1-14(2)15(3)8-9-16(14,12(15)18)13(20)19-11-7-5-4-6-10(11)17/h4-7,12H,8-9H2,1-3H3,(H,19,20)/t12-,15+,16+/m1/s1. The van der Waals surface area contributed by atoms with E-state index in [1.165, 1.54) is 0 Å². The molecular weight excluding hydrogens is 382 g/mol. The van der Waals surface area contributed by atoms with Gasteiger partial charge < -0.3 is 5.32 Å². The van der Waals surface area contributed by atoms with Crippen molar-refractivity contribution in [1.29, 1.82) is 0 Å². The van der Waals surface area contributed by atoms with E-state index in [2.05, 4.69) is 57.9 Å². The van der Waals surface area contributed by atoms with E-state index in [1.54, 1.807) is 0 Å². The summed E-state index contributed by atoms with van der Waals surface area (Å²) in [5.74, 6) is 0.145. The maximum absolute atomic E-state index is 12.9. The quantitative estimate of drug-likeness (QED) is 0.697. The number of rotatable bonds is 2. The van der Waals surface area contributed by atoms with Gasteiger partial charge in [0.15, 0.2) is 0 Å². The summed E-state index contributed by atoms with van der Waals surface area (Å²) in [4.78, 5) is 13.2. The molecule has 20 heavy (non-hydrogen) atoms. The van der Waals surface area contributed by atoms with Gasteiger partial charge >= 0.3 is 0 Å². The highest BCUT2D eigenvalue weighted by Gasteiger charge is 2.80. The summed E-state index contributed by atoms with van der Waals surface area (Å²) >= 11 is 7.29. The number of hydrogen-bond acceptors (Lipinski definition) is 1. The first-order chi connectivity index (χ1) is 9.27. The van der Waals surface area contributed by atoms with Crippen LogP contribution >= 0.6 is 31.9 Å². The summed E-state index contributed by atoms with van der Waals surface area (Å²) in [6.07, 6.45) is 2.07. The van der Waals surface area contributed by atoms with Gasteiger partial charge in [-0.3, -0.25) is 4.79 Å². The third-order valence-electron chi connectivity index (χ3n) is 6.10. The van der Waals surface area contributed by atoms with E-state index in [4.69, 9.17) is 0 Å². The fraction of sp³-hybridized carbons (Fsp3) is 0.562. The number of anilines is 1. The average molecular weight is 401 g/mol. The normalized spacial score (nSPS) is 37.4. The molecule has 1 N–H and O–H groups in total. The van der Waals surface area contributed by atoms with E-state index in [0.29, 0.717) is 0 Å². The number of nitrogens with one attached hydrogen (secondary N) is 1. The second kappa shape index (κ2) is 4.33. The van der Waals surface area contributed by atoms with Gasteiger partial charge in [-0.05, 0) is 51.7 Å². The predicted octanol–water partition coefficient (Wildman–Crippen LogP) is 4.98. The molecule has 3 aliphatic rings. The van der Waals surface area contributed by atoms with Gasteiger partial charge in [0.25, 0.3) is 0 Å². The lowest BCUT2D eigenvalue weighted by atomic mass is 9.43. The maximum Gasteiger partial charge on any atom is 0.232 e. The van der Waals surface area contributed by atoms with Crippen molar-refractivity contribution in [2.24, 2.45) is 16.2 Å². The molecule has 0 radical (unpaired) electrons. The number of amides is 1. The van der Waals surface area contributed by atoms with Gasteiger partial charge in [0.1, 0.15) is 0 Å². The number of para-hydroxylation sites is 1. The molecule has 1 aromatic carbocycles. The van der Waals surface area contributed by atoms with Gasteiger partial charge in [-0.1, -0.05) is 48.8 Å². The van der Waals surface area contributed by atoms with Crippen molar-refractivity contribution in [2.75, 3.05) is 5.32 Å². The molecule has 2 nitrogen and oxygen atoms in total. The Bertz CT molecular complexity index is 586. The molecule has 4 rings (SSSR count). The molecule has 0 aliphatic heterocycles. The largest absolute Gasteiger partial charge is 0.325 e. The highest BCUT2D eigenvalue weighted by atomic mass is 79.9. The first-order valence-electron chi connectivity index (χ1n) is 6.97. The maximum atomic E-state index is 12.9. The van der Waals surface area contributed by atoms with Gasteiger partial charge in [-0.2, -0.15) is 0 Å². The summed E-state index contributed by atoms with van der Waals surface area (Å²) in [6.45, 7) is 6.76. The zero-order valence-electron chi connectivity index (χ0n) is 12.0. The lowest BCUT2D eigenvalue weighted by Gasteiger charge is -2.64. The van der Waals surface area contributed by atoms with Gasteiger partial charge in [0.05, 0.1) is 11.1 Å². The number of benzene rings is 1. The van der Waals surface area contributed by atoms with Crippen LogP contribution < -0.4 is 5.32 Å². The second-order valence-corrected chi connectivity index (χ2v) is 8.58. The van der Waals surface area contributed by atoms with Crippen LogP contribution in [0.1, 0.15) is 33.6 Å². The van der Waals surface area contributed by atoms with E-state index in [9.17, 15) is 4.79 Å². The van der Waals surface area contributed by atoms with Crippen LogP contribution in [0.25, 0.3) is 0 Å². The van der Waals surface area contributed by atoms with Gasteiger partial charge in [-0.15, -0.1) is 0 Å². The minimum atomic E-state index is -0.295. The topological polar surface area (TPSA) is 29.1 Å². The van der Waals surface area contributed by atoms with Crippen molar-refractivity contribution in [3.05, 3.63) is 28.7 Å². The monoisotopic (exact) mass is 399 g/mol.